The first-order valence-corrected chi connectivity index (χ1v) is 12.6. The predicted molar refractivity (Wildman–Crippen MR) is 134 cm³/mol. The fourth-order valence-electron chi connectivity index (χ4n) is 3.46. The van der Waals surface area contributed by atoms with Gasteiger partial charge < -0.3 is 10.1 Å². The predicted octanol–water partition coefficient (Wildman–Crippen LogP) is 4.45. The van der Waals surface area contributed by atoms with E-state index in [1.807, 2.05) is 17.5 Å². The van der Waals surface area contributed by atoms with Crippen LogP contribution in [0.5, 0.6) is 0 Å². The number of nitrogens with one attached hydrogen (secondary N) is 1. The lowest BCUT2D eigenvalue weighted by molar-refractivity contribution is -0.142. The van der Waals surface area contributed by atoms with Gasteiger partial charge in [0.25, 0.3) is 5.56 Å². The van der Waals surface area contributed by atoms with Crippen molar-refractivity contribution in [2.45, 2.75) is 39.7 Å². The first-order valence-electron chi connectivity index (χ1n) is 10.8. The number of ether oxygens (including phenoxy) is 1. The largest absolute Gasteiger partial charge is 0.466 e. The number of aromatic nitrogens is 3. The monoisotopic (exact) mass is 496 g/mol. The van der Waals surface area contributed by atoms with E-state index in [9.17, 15) is 14.4 Å². The molecule has 0 spiro atoms. The standard InChI is InChI=1S/C24H24N4O4S2/c1-4-32-20(30)9-17-11-34-24(26-17)27-19(29)10-28-13-25-22-21(23(28)31)18(12-33-22)16-7-5-15(6-8-16)14(2)3/h5-8,11-14H,4,9-10H2,1-3H3,(H,26,27,29). The minimum atomic E-state index is -0.404. The van der Waals surface area contributed by atoms with Gasteiger partial charge in [0.1, 0.15) is 11.4 Å². The summed E-state index contributed by atoms with van der Waals surface area (Å²) in [5, 5.41) is 7.15. The first-order chi connectivity index (χ1) is 16.4. The fourth-order valence-corrected chi connectivity index (χ4v) is 5.09. The molecule has 0 bridgehead atoms. The molecular weight excluding hydrogens is 472 g/mol. The lowest BCUT2D eigenvalue weighted by atomic mass is 9.99. The molecule has 0 radical (unpaired) electrons. The highest BCUT2D eigenvalue weighted by Crippen LogP contribution is 2.31. The van der Waals surface area contributed by atoms with Gasteiger partial charge in [0.2, 0.25) is 5.91 Å². The number of hydrogen-bond donors (Lipinski definition) is 1. The molecular formula is C24H24N4O4S2. The summed E-state index contributed by atoms with van der Waals surface area (Å²) in [7, 11) is 0. The number of rotatable bonds is 8. The SMILES string of the molecule is CCOC(=O)Cc1csc(NC(=O)Cn2cnc3scc(-c4ccc(C(C)C)cc4)c3c2=O)n1. The second-order valence-electron chi connectivity index (χ2n) is 7.96. The Kier molecular flexibility index (Phi) is 7.18. The van der Waals surface area contributed by atoms with Gasteiger partial charge in [0.05, 0.1) is 30.4 Å². The van der Waals surface area contributed by atoms with Crippen molar-refractivity contribution < 1.29 is 14.3 Å². The van der Waals surface area contributed by atoms with Crippen LogP contribution in [0.1, 0.15) is 37.9 Å². The van der Waals surface area contributed by atoms with Crippen LogP contribution in [-0.2, 0) is 27.3 Å². The Balaban J connectivity index is 1.52. The van der Waals surface area contributed by atoms with E-state index in [4.69, 9.17) is 4.74 Å². The minimum absolute atomic E-state index is 0.0410. The van der Waals surface area contributed by atoms with E-state index < -0.39 is 5.91 Å². The lowest BCUT2D eigenvalue weighted by Gasteiger charge is -2.08. The van der Waals surface area contributed by atoms with Crippen molar-refractivity contribution in [3.63, 3.8) is 0 Å². The van der Waals surface area contributed by atoms with Gasteiger partial charge in [-0.25, -0.2) is 9.97 Å². The molecule has 0 unspecified atom stereocenters. The van der Waals surface area contributed by atoms with Crippen LogP contribution in [0.25, 0.3) is 21.3 Å². The Labute approximate surface area is 204 Å². The Bertz CT molecular complexity index is 1390. The maximum Gasteiger partial charge on any atom is 0.311 e. The number of anilines is 1. The van der Waals surface area contributed by atoms with E-state index in [1.165, 1.54) is 39.1 Å². The van der Waals surface area contributed by atoms with Gasteiger partial charge in [-0.05, 0) is 24.0 Å². The van der Waals surface area contributed by atoms with Gasteiger partial charge in [0, 0.05) is 16.3 Å². The van der Waals surface area contributed by atoms with Gasteiger partial charge in [-0.3, -0.25) is 19.0 Å². The molecule has 4 aromatic rings. The Morgan fingerprint density at radius 2 is 1.91 bits per heavy atom. The second-order valence-corrected chi connectivity index (χ2v) is 9.67. The maximum atomic E-state index is 13.2. The molecule has 3 heterocycles. The van der Waals surface area contributed by atoms with E-state index in [-0.39, 0.29) is 24.5 Å². The summed E-state index contributed by atoms with van der Waals surface area (Å²) in [6.07, 6.45) is 1.43. The fraction of sp³-hybridized carbons (Fsp3) is 0.292. The Hall–Kier alpha value is -3.37. The van der Waals surface area contributed by atoms with Crippen LogP contribution in [-0.4, -0.2) is 33.0 Å². The van der Waals surface area contributed by atoms with E-state index in [1.54, 1.807) is 12.3 Å². The summed E-state index contributed by atoms with van der Waals surface area (Å²) in [6.45, 7) is 6.11. The van der Waals surface area contributed by atoms with Crippen molar-refractivity contribution in [1.82, 2.24) is 14.5 Å². The molecule has 4 rings (SSSR count). The van der Waals surface area contributed by atoms with Crippen LogP contribution in [0, 0.1) is 0 Å². The van der Waals surface area contributed by atoms with Crippen LogP contribution < -0.4 is 10.9 Å². The Morgan fingerprint density at radius 3 is 2.62 bits per heavy atom. The van der Waals surface area contributed by atoms with Gasteiger partial charge in [-0.1, -0.05) is 38.1 Å². The zero-order valence-electron chi connectivity index (χ0n) is 19.0. The van der Waals surface area contributed by atoms with Crippen LogP contribution in [0.2, 0.25) is 0 Å². The molecule has 1 amide bonds. The highest BCUT2D eigenvalue weighted by Gasteiger charge is 2.16. The summed E-state index contributed by atoms with van der Waals surface area (Å²) >= 11 is 2.61. The highest BCUT2D eigenvalue weighted by molar-refractivity contribution is 7.17. The number of benzene rings is 1. The molecule has 0 saturated heterocycles. The number of carbonyl (C=O) groups is 2. The molecule has 1 aromatic carbocycles. The molecule has 34 heavy (non-hydrogen) atoms. The summed E-state index contributed by atoms with van der Waals surface area (Å²) < 4.78 is 6.20. The molecule has 0 fully saturated rings. The lowest BCUT2D eigenvalue weighted by Crippen LogP contribution is -2.27. The number of hydrogen-bond acceptors (Lipinski definition) is 8. The van der Waals surface area contributed by atoms with Gasteiger partial charge in [-0.2, -0.15) is 0 Å². The molecule has 8 nitrogen and oxygen atoms in total. The number of thiophene rings is 1. The van der Waals surface area contributed by atoms with Crippen molar-refractivity contribution in [3.05, 3.63) is 63.0 Å². The third-order valence-electron chi connectivity index (χ3n) is 5.19. The van der Waals surface area contributed by atoms with Crippen LogP contribution >= 0.6 is 22.7 Å². The summed E-state index contributed by atoms with van der Waals surface area (Å²) in [4.78, 5) is 46.6. The molecule has 1 N–H and O–H groups in total. The van der Waals surface area contributed by atoms with Crippen molar-refractivity contribution in [1.29, 1.82) is 0 Å². The van der Waals surface area contributed by atoms with E-state index >= 15 is 0 Å². The number of fused-ring (bicyclic) bond motifs is 1. The molecule has 176 valence electrons. The van der Waals surface area contributed by atoms with Crippen LogP contribution in [0.15, 0.2) is 46.1 Å². The third kappa shape index (κ3) is 5.23. The van der Waals surface area contributed by atoms with Crippen LogP contribution in [0.3, 0.4) is 0 Å². The summed E-state index contributed by atoms with van der Waals surface area (Å²) in [5.74, 6) is -0.356. The van der Waals surface area contributed by atoms with Gasteiger partial charge >= 0.3 is 5.97 Å². The van der Waals surface area contributed by atoms with Gasteiger partial charge in [0.15, 0.2) is 5.13 Å². The van der Waals surface area contributed by atoms with Crippen molar-refractivity contribution >= 4 is 49.9 Å². The van der Waals surface area contributed by atoms with Crippen molar-refractivity contribution in [3.8, 4) is 11.1 Å². The number of esters is 1. The summed E-state index contributed by atoms with van der Waals surface area (Å²) in [6, 6.07) is 8.15. The van der Waals surface area contributed by atoms with E-state index in [0.29, 0.717) is 33.6 Å². The third-order valence-corrected chi connectivity index (χ3v) is 6.88. The molecule has 0 atom stereocenters. The highest BCUT2D eigenvalue weighted by atomic mass is 32.1. The smallest absolute Gasteiger partial charge is 0.311 e. The van der Waals surface area contributed by atoms with Crippen molar-refractivity contribution in [2.75, 3.05) is 11.9 Å². The quantitative estimate of drug-likeness (QED) is 0.362. The topological polar surface area (TPSA) is 103 Å². The molecule has 10 heteroatoms. The van der Waals surface area contributed by atoms with E-state index in [2.05, 4.69) is 41.3 Å². The maximum absolute atomic E-state index is 13.2. The number of nitrogens with zero attached hydrogens (tertiary/aromatic N) is 3. The van der Waals surface area contributed by atoms with Crippen molar-refractivity contribution in [2.24, 2.45) is 0 Å². The van der Waals surface area contributed by atoms with Gasteiger partial charge in [-0.15, -0.1) is 22.7 Å². The zero-order valence-corrected chi connectivity index (χ0v) is 20.7. The molecule has 0 aliphatic heterocycles. The number of thiazole rings is 1. The molecule has 0 aliphatic rings. The average molecular weight is 497 g/mol. The minimum Gasteiger partial charge on any atom is -0.466 e. The normalized spacial score (nSPS) is 11.2. The Morgan fingerprint density at radius 1 is 1.15 bits per heavy atom. The van der Waals surface area contributed by atoms with Crippen LogP contribution in [0.4, 0.5) is 5.13 Å². The zero-order chi connectivity index (χ0) is 24.2. The average Bonchev–Trinajstić information content (AvgIpc) is 3.43. The van der Waals surface area contributed by atoms with E-state index in [0.717, 1.165) is 11.1 Å². The summed E-state index contributed by atoms with van der Waals surface area (Å²) in [5.41, 5.74) is 3.22. The molecule has 0 saturated carbocycles. The molecule has 0 aliphatic carbocycles. The number of carbonyl (C=O) groups excluding carboxylic acids is 2. The second kappa shape index (κ2) is 10.3. The number of amides is 1. The first kappa shape index (κ1) is 23.8. The molecule has 3 aromatic heterocycles.